The van der Waals surface area contributed by atoms with Gasteiger partial charge in [-0.15, -0.1) is 0 Å². The number of fused-ring (bicyclic) bond motifs is 7. The van der Waals surface area contributed by atoms with Gasteiger partial charge in [-0.25, -0.2) is 0 Å². The summed E-state index contributed by atoms with van der Waals surface area (Å²) in [5.41, 5.74) is -1.42. The molecule has 0 N–H and O–H groups in total. The van der Waals surface area contributed by atoms with E-state index in [4.69, 9.17) is 23.7 Å². The van der Waals surface area contributed by atoms with E-state index in [0.29, 0.717) is 37.5 Å². The second kappa shape index (κ2) is 5.69. The molecule has 0 aromatic carbocycles. The first-order valence-corrected chi connectivity index (χ1v) is 10.8. The van der Waals surface area contributed by atoms with Crippen LogP contribution in [0.5, 0.6) is 0 Å². The van der Waals surface area contributed by atoms with Gasteiger partial charge in [-0.3, -0.25) is 9.59 Å². The van der Waals surface area contributed by atoms with Crippen molar-refractivity contribution in [1.82, 2.24) is 0 Å². The molecule has 158 valence electrons. The Morgan fingerprint density at radius 1 is 1.07 bits per heavy atom. The zero-order valence-corrected chi connectivity index (χ0v) is 17.0. The minimum atomic E-state index is -0.913. The summed E-state index contributed by atoms with van der Waals surface area (Å²) in [5, 5.41) is 0. The number of ether oxygens (including phenoxy) is 5. The van der Waals surface area contributed by atoms with Crippen LogP contribution in [0.4, 0.5) is 0 Å². The lowest BCUT2D eigenvalue weighted by atomic mass is 9.48. The van der Waals surface area contributed by atoms with Crippen LogP contribution < -0.4 is 0 Å². The average molecular weight is 404 g/mol. The van der Waals surface area contributed by atoms with Crippen LogP contribution in [0.15, 0.2) is 11.8 Å². The molecule has 0 amide bonds. The van der Waals surface area contributed by atoms with Gasteiger partial charge in [0.05, 0.1) is 0 Å². The Balaban J connectivity index is 1.42. The third-order valence-corrected chi connectivity index (χ3v) is 9.16. The van der Waals surface area contributed by atoms with Crippen molar-refractivity contribution in [2.75, 3.05) is 20.2 Å². The van der Waals surface area contributed by atoms with Gasteiger partial charge in [-0.1, -0.05) is 13.8 Å². The summed E-state index contributed by atoms with van der Waals surface area (Å²) >= 11 is 0. The fourth-order valence-electron chi connectivity index (χ4n) is 7.88. The van der Waals surface area contributed by atoms with Crippen LogP contribution in [0.1, 0.15) is 52.4 Å². The zero-order valence-electron chi connectivity index (χ0n) is 17.0. The number of Topliss-reactive ketones (excluding diaryl/α,β-unsaturated/α-hetero) is 1. The number of carbonyl (C=O) groups excluding carboxylic acids is 2. The van der Waals surface area contributed by atoms with Gasteiger partial charge in [0.1, 0.15) is 23.8 Å². The van der Waals surface area contributed by atoms with Crippen LogP contribution in [0.3, 0.4) is 0 Å². The molecule has 2 spiro atoms. The molecule has 6 rings (SSSR count). The van der Waals surface area contributed by atoms with Crippen molar-refractivity contribution in [2.24, 2.45) is 28.6 Å². The molecule has 0 unspecified atom stereocenters. The highest BCUT2D eigenvalue weighted by molar-refractivity contribution is 5.86. The molecular formula is C22H28O7. The van der Waals surface area contributed by atoms with Crippen LogP contribution in [0, 0.1) is 28.6 Å². The summed E-state index contributed by atoms with van der Waals surface area (Å²) in [7, 11) is 0. The predicted molar refractivity (Wildman–Crippen MR) is 98.0 cm³/mol. The first kappa shape index (κ1) is 18.5. The molecule has 29 heavy (non-hydrogen) atoms. The molecule has 5 fully saturated rings. The maximum atomic E-state index is 13.7. The van der Waals surface area contributed by atoms with E-state index >= 15 is 0 Å². The van der Waals surface area contributed by atoms with E-state index in [1.54, 1.807) is 0 Å². The highest BCUT2D eigenvalue weighted by Gasteiger charge is 2.76. The third-order valence-electron chi connectivity index (χ3n) is 9.16. The molecule has 7 heteroatoms. The van der Waals surface area contributed by atoms with Crippen molar-refractivity contribution in [1.29, 1.82) is 0 Å². The first-order valence-electron chi connectivity index (χ1n) is 10.8. The minimum absolute atomic E-state index is 0.108. The number of carbonyl (C=O) groups is 2. The molecule has 7 atom stereocenters. The van der Waals surface area contributed by atoms with E-state index in [9.17, 15) is 9.59 Å². The second-order valence-electron chi connectivity index (χ2n) is 10.1. The molecule has 3 saturated heterocycles. The first-order chi connectivity index (χ1) is 13.9. The molecular weight excluding hydrogens is 376 g/mol. The Morgan fingerprint density at radius 3 is 2.69 bits per heavy atom. The van der Waals surface area contributed by atoms with Crippen LogP contribution in [-0.4, -0.2) is 43.3 Å². The van der Waals surface area contributed by atoms with Crippen molar-refractivity contribution in [3.8, 4) is 0 Å². The molecule has 7 nitrogen and oxygen atoms in total. The average Bonchev–Trinajstić information content (AvgIpc) is 3.37. The number of esters is 1. The summed E-state index contributed by atoms with van der Waals surface area (Å²) in [6.07, 6.45) is 6.09. The summed E-state index contributed by atoms with van der Waals surface area (Å²) in [4.78, 5) is 25.6. The second-order valence-corrected chi connectivity index (χ2v) is 10.1. The Hall–Kier alpha value is -1.28. The molecule has 0 radical (unpaired) electrons. The quantitative estimate of drug-likeness (QED) is 0.574. The monoisotopic (exact) mass is 404 g/mol. The lowest BCUT2D eigenvalue weighted by molar-refractivity contribution is -0.246. The predicted octanol–water partition coefficient (Wildman–Crippen LogP) is 2.68. The fraction of sp³-hybridized carbons (Fsp3) is 0.818. The van der Waals surface area contributed by atoms with Crippen molar-refractivity contribution in [2.45, 2.75) is 63.8 Å². The van der Waals surface area contributed by atoms with E-state index in [0.717, 1.165) is 19.3 Å². The van der Waals surface area contributed by atoms with Gasteiger partial charge >= 0.3 is 5.97 Å². The molecule has 3 aliphatic carbocycles. The summed E-state index contributed by atoms with van der Waals surface area (Å²) < 4.78 is 29.4. The van der Waals surface area contributed by atoms with E-state index in [1.165, 1.54) is 0 Å². The SMILES string of the molecule is C[C@]12CCC(=O)OC1=CC[C@H]1[C@H]2C(=O)C[C@@]2(C)[C@H]1CC[C@]21OCO[C@]12COCO2. The standard InChI is InChI=1S/C22H28O7/c1-19-7-6-17(24)29-16(19)4-3-13-14-5-8-21(20(14,2)9-15(23)18(13)19)22(28-12-26-21)10-25-11-27-22/h4,13-14,18H,3,5-12H2,1-2H3/t13-,14+,18+,19+,20+,21+,22-/m1/s1. The molecule has 3 aliphatic heterocycles. The Kier molecular flexibility index (Phi) is 3.63. The molecule has 2 saturated carbocycles. The van der Waals surface area contributed by atoms with Gasteiger partial charge in [0.2, 0.25) is 5.79 Å². The molecule has 0 aromatic heterocycles. The Labute approximate surface area is 170 Å². The molecule has 0 aromatic rings. The smallest absolute Gasteiger partial charge is 0.310 e. The normalized spacial score (nSPS) is 53.6. The largest absolute Gasteiger partial charge is 0.431 e. The van der Waals surface area contributed by atoms with Crippen LogP contribution in [-0.2, 0) is 33.3 Å². The Bertz CT molecular complexity index is 808. The van der Waals surface area contributed by atoms with E-state index in [1.807, 2.05) is 0 Å². The summed E-state index contributed by atoms with van der Waals surface area (Å²) in [6, 6.07) is 0. The van der Waals surface area contributed by atoms with Gasteiger partial charge in [0.15, 0.2) is 13.6 Å². The highest BCUT2D eigenvalue weighted by Crippen LogP contribution is 2.70. The van der Waals surface area contributed by atoms with Crippen molar-refractivity contribution < 1.29 is 33.3 Å². The number of rotatable bonds is 0. The number of hydrogen-bond acceptors (Lipinski definition) is 7. The van der Waals surface area contributed by atoms with E-state index in [2.05, 4.69) is 19.9 Å². The molecule has 6 aliphatic rings. The lowest BCUT2D eigenvalue weighted by Gasteiger charge is -2.57. The number of allylic oxidation sites excluding steroid dienone is 2. The van der Waals surface area contributed by atoms with E-state index in [-0.39, 0.29) is 48.0 Å². The van der Waals surface area contributed by atoms with Gasteiger partial charge in [0.25, 0.3) is 0 Å². The van der Waals surface area contributed by atoms with Gasteiger partial charge in [0, 0.05) is 29.6 Å². The van der Waals surface area contributed by atoms with Crippen LogP contribution in [0.2, 0.25) is 0 Å². The van der Waals surface area contributed by atoms with E-state index < -0.39 is 11.4 Å². The minimum Gasteiger partial charge on any atom is -0.431 e. The van der Waals surface area contributed by atoms with Crippen molar-refractivity contribution in [3.63, 3.8) is 0 Å². The molecule has 0 bridgehead atoms. The number of hydrogen-bond donors (Lipinski definition) is 0. The summed E-state index contributed by atoms with van der Waals surface area (Å²) in [6.45, 7) is 5.01. The Morgan fingerprint density at radius 2 is 1.90 bits per heavy atom. The van der Waals surface area contributed by atoms with Crippen molar-refractivity contribution >= 4 is 11.8 Å². The maximum Gasteiger partial charge on any atom is 0.310 e. The third kappa shape index (κ3) is 2.03. The van der Waals surface area contributed by atoms with Gasteiger partial charge in [-0.2, -0.15) is 0 Å². The molecule has 3 heterocycles. The topological polar surface area (TPSA) is 80.3 Å². The van der Waals surface area contributed by atoms with Crippen LogP contribution in [0.25, 0.3) is 0 Å². The van der Waals surface area contributed by atoms with Crippen molar-refractivity contribution in [3.05, 3.63) is 11.8 Å². The summed E-state index contributed by atoms with van der Waals surface area (Å²) in [5.74, 6) is 0.299. The van der Waals surface area contributed by atoms with Gasteiger partial charge in [-0.05, 0) is 43.6 Å². The fourth-order valence-corrected chi connectivity index (χ4v) is 7.88. The zero-order chi connectivity index (χ0) is 20.1. The number of ketones is 1. The highest BCUT2D eigenvalue weighted by atomic mass is 16.9. The van der Waals surface area contributed by atoms with Gasteiger partial charge < -0.3 is 23.7 Å². The maximum absolute atomic E-state index is 13.7. The van der Waals surface area contributed by atoms with Crippen LogP contribution >= 0.6 is 0 Å². The lowest BCUT2D eigenvalue weighted by Crippen LogP contribution is -2.65.